The van der Waals surface area contributed by atoms with Gasteiger partial charge in [-0.25, -0.2) is 0 Å². The summed E-state index contributed by atoms with van der Waals surface area (Å²) >= 11 is 0. The smallest absolute Gasteiger partial charge is 0.305 e. The molecule has 0 amide bonds. The predicted octanol–water partition coefficient (Wildman–Crippen LogP) is 8.33. The lowest BCUT2D eigenvalue weighted by molar-refractivity contribution is -0.144. The molecule has 0 bridgehead atoms. The van der Waals surface area contributed by atoms with Crippen LogP contribution in [0.25, 0.3) is 0 Å². The molecule has 0 aromatic carbocycles. The highest BCUT2D eigenvalue weighted by Gasteiger charge is 2.08. The van der Waals surface area contributed by atoms with E-state index in [-0.39, 0.29) is 5.97 Å². The van der Waals surface area contributed by atoms with Gasteiger partial charge in [-0.15, -0.1) is 0 Å². The number of carbonyl (C=O) groups excluding carboxylic acids is 1. The molecule has 0 heterocycles. The van der Waals surface area contributed by atoms with Crippen molar-refractivity contribution in [2.24, 2.45) is 17.8 Å². The molecule has 0 saturated heterocycles. The van der Waals surface area contributed by atoms with Gasteiger partial charge in [0.2, 0.25) is 0 Å². The number of ether oxygens (including phenoxy) is 1. The van der Waals surface area contributed by atoms with Gasteiger partial charge < -0.3 is 4.74 Å². The Kier molecular flexibility index (Phi) is 18.4. The summed E-state index contributed by atoms with van der Waals surface area (Å²) < 4.78 is 5.42. The van der Waals surface area contributed by atoms with Crippen LogP contribution in [0.1, 0.15) is 131 Å². The second-order valence-corrected chi connectivity index (χ2v) is 9.35. The Hall–Kier alpha value is -0.530. The van der Waals surface area contributed by atoms with Crippen molar-refractivity contribution in [2.45, 2.75) is 131 Å². The summed E-state index contributed by atoms with van der Waals surface area (Å²) in [5.41, 5.74) is 0. The fraction of sp³-hybridized carbons (Fsp3) is 0.960. The first-order chi connectivity index (χ1) is 13.0. The highest BCUT2D eigenvalue weighted by Crippen LogP contribution is 2.20. The van der Waals surface area contributed by atoms with Crippen LogP contribution in [0.5, 0.6) is 0 Å². The van der Waals surface area contributed by atoms with Crippen LogP contribution in [-0.2, 0) is 9.53 Å². The standard InChI is InChI=1S/C25H50O2/c1-6-7-8-9-10-11-12-19-25(26)27-21-20-24(5)18-14-17-23(4)16-13-15-22(2)3/h22-24H,6-21H2,1-5H3. The number of hydrogen-bond acceptors (Lipinski definition) is 2. The van der Waals surface area contributed by atoms with Gasteiger partial charge in [0, 0.05) is 6.42 Å². The van der Waals surface area contributed by atoms with Gasteiger partial charge in [-0.2, -0.15) is 0 Å². The van der Waals surface area contributed by atoms with Crippen molar-refractivity contribution >= 4 is 5.97 Å². The van der Waals surface area contributed by atoms with E-state index in [2.05, 4.69) is 34.6 Å². The molecule has 0 aromatic rings. The zero-order valence-electron chi connectivity index (χ0n) is 19.4. The molecule has 0 aliphatic heterocycles. The Labute approximate surface area is 171 Å². The molecule has 0 rings (SSSR count). The number of carbonyl (C=O) groups is 1. The lowest BCUT2D eigenvalue weighted by Gasteiger charge is -2.15. The Morgan fingerprint density at radius 3 is 1.78 bits per heavy atom. The quantitative estimate of drug-likeness (QED) is 0.166. The van der Waals surface area contributed by atoms with Crippen LogP contribution >= 0.6 is 0 Å². The summed E-state index contributed by atoms with van der Waals surface area (Å²) in [4.78, 5) is 11.8. The fourth-order valence-corrected chi connectivity index (χ4v) is 3.65. The van der Waals surface area contributed by atoms with E-state index >= 15 is 0 Å². The number of unbranched alkanes of at least 4 members (excludes halogenated alkanes) is 6. The molecule has 2 heteroatoms. The van der Waals surface area contributed by atoms with Crippen molar-refractivity contribution in [3.63, 3.8) is 0 Å². The van der Waals surface area contributed by atoms with Crippen LogP contribution in [0.4, 0.5) is 0 Å². The third-order valence-corrected chi connectivity index (χ3v) is 5.73. The van der Waals surface area contributed by atoms with E-state index in [1.54, 1.807) is 0 Å². The molecule has 2 nitrogen and oxygen atoms in total. The molecule has 0 aliphatic carbocycles. The summed E-state index contributed by atoms with van der Waals surface area (Å²) in [5.74, 6) is 2.37. The van der Waals surface area contributed by atoms with Gasteiger partial charge >= 0.3 is 5.97 Å². The van der Waals surface area contributed by atoms with E-state index in [1.807, 2.05) is 0 Å². The van der Waals surface area contributed by atoms with Crippen molar-refractivity contribution in [2.75, 3.05) is 6.61 Å². The van der Waals surface area contributed by atoms with Crippen molar-refractivity contribution < 1.29 is 9.53 Å². The summed E-state index contributed by atoms with van der Waals surface area (Å²) in [7, 11) is 0. The second kappa shape index (κ2) is 18.8. The van der Waals surface area contributed by atoms with Crippen LogP contribution in [0.15, 0.2) is 0 Å². The molecule has 0 fully saturated rings. The van der Waals surface area contributed by atoms with Gasteiger partial charge in [-0.3, -0.25) is 4.79 Å². The maximum absolute atomic E-state index is 11.8. The lowest BCUT2D eigenvalue weighted by atomic mass is 9.93. The number of esters is 1. The van der Waals surface area contributed by atoms with Crippen LogP contribution in [0, 0.1) is 17.8 Å². The lowest BCUT2D eigenvalue weighted by Crippen LogP contribution is -2.09. The Balaban J connectivity index is 3.46. The minimum absolute atomic E-state index is 0.00883. The molecular formula is C25H50O2. The average molecular weight is 383 g/mol. The van der Waals surface area contributed by atoms with Crippen LogP contribution in [0.3, 0.4) is 0 Å². The molecule has 0 spiro atoms. The summed E-state index contributed by atoms with van der Waals surface area (Å²) in [6, 6.07) is 0. The van der Waals surface area contributed by atoms with Gasteiger partial charge in [-0.1, -0.05) is 112 Å². The number of rotatable bonds is 19. The first-order valence-electron chi connectivity index (χ1n) is 12.1. The second-order valence-electron chi connectivity index (χ2n) is 9.35. The normalized spacial score (nSPS) is 13.7. The Morgan fingerprint density at radius 1 is 0.667 bits per heavy atom. The van der Waals surface area contributed by atoms with E-state index in [9.17, 15) is 4.79 Å². The summed E-state index contributed by atoms with van der Waals surface area (Å²) in [5, 5.41) is 0. The largest absolute Gasteiger partial charge is 0.466 e. The minimum Gasteiger partial charge on any atom is -0.466 e. The molecule has 0 radical (unpaired) electrons. The van der Waals surface area contributed by atoms with E-state index in [0.717, 1.165) is 24.7 Å². The van der Waals surface area contributed by atoms with Crippen molar-refractivity contribution in [1.82, 2.24) is 0 Å². The summed E-state index contributed by atoms with van der Waals surface area (Å²) in [6.45, 7) is 12.2. The topological polar surface area (TPSA) is 26.3 Å². The maximum Gasteiger partial charge on any atom is 0.305 e. The SMILES string of the molecule is CCCCCCCCCC(=O)OCCC(C)CCCC(C)CCCC(C)C. The van der Waals surface area contributed by atoms with Gasteiger partial charge in [0.1, 0.15) is 0 Å². The van der Waals surface area contributed by atoms with Crippen molar-refractivity contribution in [1.29, 1.82) is 0 Å². The predicted molar refractivity (Wildman–Crippen MR) is 119 cm³/mol. The zero-order valence-corrected chi connectivity index (χ0v) is 19.4. The minimum atomic E-state index is 0.00883. The van der Waals surface area contributed by atoms with Gasteiger partial charge in [0.25, 0.3) is 0 Å². The molecule has 0 N–H and O–H groups in total. The van der Waals surface area contributed by atoms with E-state index in [0.29, 0.717) is 18.9 Å². The highest BCUT2D eigenvalue weighted by atomic mass is 16.5. The van der Waals surface area contributed by atoms with Crippen LogP contribution in [-0.4, -0.2) is 12.6 Å². The first kappa shape index (κ1) is 26.5. The van der Waals surface area contributed by atoms with Gasteiger partial charge in [0.05, 0.1) is 6.61 Å². The van der Waals surface area contributed by atoms with E-state index in [1.165, 1.54) is 77.0 Å². The maximum atomic E-state index is 11.8. The molecule has 2 atom stereocenters. The Bertz CT molecular complexity index is 324. The summed E-state index contributed by atoms with van der Waals surface area (Å²) in [6.07, 6.45) is 18.4. The Morgan fingerprint density at radius 2 is 1.19 bits per heavy atom. The van der Waals surface area contributed by atoms with Crippen LogP contribution in [0.2, 0.25) is 0 Å². The molecule has 0 aliphatic rings. The molecular weight excluding hydrogens is 332 g/mol. The van der Waals surface area contributed by atoms with E-state index < -0.39 is 0 Å². The van der Waals surface area contributed by atoms with Gasteiger partial charge in [-0.05, 0) is 30.6 Å². The molecule has 27 heavy (non-hydrogen) atoms. The monoisotopic (exact) mass is 382 g/mol. The fourth-order valence-electron chi connectivity index (χ4n) is 3.65. The molecule has 0 aromatic heterocycles. The molecule has 162 valence electrons. The zero-order chi connectivity index (χ0) is 20.3. The van der Waals surface area contributed by atoms with Crippen molar-refractivity contribution in [3.05, 3.63) is 0 Å². The van der Waals surface area contributed by atoms with Gasteiger partial charge in [0.15, 0.2) is 0 Å². The molecule has 0 saturated carbocycles. The van der Waals surface area contributed by atoms with Crippen molar-refractivity contribution in [3.8, 4) is 0 Å². The number of hydrogen-bond donors (Lipinski definition) is 0. The van der Waals surface area contributed by atoms with E-state index in [4.69, 9.17) is 4.74 Å². The van der Waals surface area contributed by atoms with Crippen LogP contribution < -0.4 is 0 Å². The first-order valence-corrected chi connectivity index (χ1v) is 12.1. The average Bonchev–Trinajstić information content (AvgIpc) is 2.60. The highest BCUT2D eigenvalue weighted by molar-refractivity contribution is 5.69. The third-order valence-electron chi connectivity index (χ3n) is 5.73. The third kappa shape index (κ3) is 20.0. The molecule has 2 unspecified atom stereocenters.